The third kappa shape index (κ3) is 30.2. The van der Waals surface area contributed by atoms with Crippen molar-refractivity contribution in [1.82, 2.24) is 0 Å². The molecule has 1 atom stereocenters. The van der Waals surface area contributed by atoms with Crippen LogP contribution in [-0.2, 0) is 4.79 Å². The largest absolute Gasteiger partial charge is 0.385 e. The van der Waals surface area contributed by atoms with Crippen molar-refractivity contribution in [1.29, 1.82) is 0 Å². The highest BCUT2D eigenvalue weighted by Crippen LogP contribution is 2.16. The van der Waals surface area contributed by atoms with Crippen LogP contribution in [0.5, 0.6) is 0 Å². The van der Waals surface area contributed by atoms with Gasteiger partial charge in [-0.3, -0.25) is 4.79 Å². The third-order valence-corrected chi connectivity index (χ3v) is 8.41. The Kier molecular flexibility index (Phi) is 30.9. The van der Waals surface area contributed by atoms with Crippen LogP contribution in [0.15, 0.2) is 0 Å². The lowest BCUT2D eigenvalue weighted by Crippen LogP contribution is -2.19. The van der Waals surface area contributed by atoms with Crippen molar-refractivity contribution in [3.8, 4) is 0 Å². The molecule has 38 heavy (non-hydrogen) atoms. The molecule has 0 saturated carbocycles. The average Bonchev–Trinajstić information content (AvgIpc) is 2.90. The molecule has 0 aliphatic heterocycles. The van der Waals surface area contributed by atoms with Crippen LogP contribution < -0.4 is 0 Å². The maximum atomic E-state index is 12.2. The van der Waals surface area contributed by atoms with Crippen molar-refractivity contribution in [2.45, 2.75) is 219 Å². The highest BCUT2D eigenvalue weighted by molar-refractivity contribution is 5.82. The SMILES string of the molecule is CCCCCCCCCCCCCCCCCC(=O)C(O)CCCCCCCCCCCCCCC(C)C. The number of aliphatic hydroxyl groups excluding tert-OH is 1. The second-order valence-electron chi connectivity index (χ2n) is 12.9. The van der Waals surface area contributed by atoms with Crippen LogP contribution in [-0.4, -0.2) is 17.0 Å². The number of Topliss-reactive ketones (excluding diaryl/α,β-unsaturated/α-hetero) is 1. The summed E-state index contributed by atoms with van der Waals surface area (Å²) in [6.45, 7) is 6.93. The molecule has 0 radical (unpaired) electrons. The normalized spacial score (nSPS) is 12.4. The molecule has 0 amide bonds. The zero-order valence-electron chi connectivity index (χ0n) is 26.7. The van der Waals surface area contributed by atoms with Crippen LogP contribution in [0.25, 0.3) is 0 Å². The Morgan fingerprint density at radius 2 is 0.737 bits per heavy atom. The van der Waals surface area contributed by atoms with E-state index in [9.17, 15) is 9.90 Å². The maximum absolute atomic E-state index is 12.2. The summed E-state index contributed by atoms with van der Waals surface area (Å²) in [5.74, 6) is 0.950. The number of carbonyl (C=O) groups excluding carboxylic acids is 1. The van der Waals surface area contributed by atoms with Gasteiger partial charge in [0.1, 0.15) is 6.10 Å². The number of hydrogen-bond acceptors (Lipinski definition) is 2. The first-order valence-corrected chi connectivity index (χ1v) is 17.8. The zero-order chi connectivity index (χ0) is 27.9. The molecule has 0 aliphatic rings. The molecular formula is C36H72O2. The number of ketones is 1. The minimum absolute atomic E-state index is 0.0869. The van der Waals surface area contributed by atoms with Gasteiger partial charge in [0, 0.05) is 6.42 Å². The van der Waals surface area contributed by atoms with Crippen LogP contribution in [0.4, 0.5) is 0 Å². The van der Waals surface area contributed by atoms with Crippen molar-refractivity contribution >= 4 is 5.78 Å². The molecule has 0 saturated heterocycles. The van der Waals surface area contributed by atoms with E-state index in [1.54, 1.807) is 0 Å². The topological polar surface area (TPSA) is 37.3 Å². The Balaban J connectivity index is 3.28. The lowest BCUT2D eigenvalue weighted by Gasteiger charge is -2.09. The van der Waals surface area contributed by atoms with Crippen LogP contribution in [0.3, 0.4) is 0 Å². The minimum atomic E-state index is -0.706. The van der Waals surface area contributed by atoms with E-state index in [2.05, 4.69) is 20.8 Å². The predicted octanol–water partition coefficient (Wildman–Crippen LogP) is 12.3. The number of aliphatic hydroxyl groups is 1. The fourth-order valence-corrected chi connectivity index (χ4v) is 5.66. The summed E-state index contributed by atoms with van der Waals surface area (Å²) >= 11 is 0. The molecule has 0 rings (SSSR count). The van der Waals surface area contributed by atoms with Crippen LogP contribution >= 0.6 is 0 Å². The van der Waals surface area contributed by atoms with E-state index in [-0.39, 0.29) is 5.78 Å². The summed E-state index contributed by atoms with van der Waals surface area (Å²) in [5.41, 5.74) is 0. The Morgan fingerprint density at radius 3 is 1.08 bits per heavy atom. The quantitative estimate of drug-likeness (QED) is 0.0868. The van der Waals surface area contributed by atoms with Gasteiger partial charge >= 0.3 is 0 Å². The van der Waals surface area contributed by atoms with Crippen molar-refractivity contribution in [3.05, 3.63) is 0 Å². The summed E-state index contributed by atoms with van der Waals surface area (Å²) in [4.78, 5) is 12.2. The van der Waals surface area contributed by atoms with Gasteiger partial charge in [-0.05, 0) is 18.8 Å². The Morgan fingerprint density at radius 1 is 0.447 bits per heavy atom. The lowest BCUT2D eigenvalue weighted by molar-refractivity contribution is -0.127. The lowest BCUT2D eigenvalue weighted by atomic mass is 10.00. The number of rotatable bonds is 32. The molecule has 0 aromatic heterocycles. The van der Waals surface area contributed by atoms with E-state index in [1.165, 1.54) is 161 Å². The van der Waals surface area contributed by atoms with E-state index < -0.39 is 6.10 Å². The fraction of sp³-hybridized carbons (Fsp3) is 0.972. The molecule has 0 aromatic carbocycles. The highest BCUT2D eigenvalue weighted by Gasteiger charge is 2.13. The molecule has 0 spiro atoms. The van der Waals surface area contributed by atoms with Gasteiger partial charge in [-0.25, -0.2) is 0 Å². The standard InChI is InChI=1S/C36H72O2/c1-4-5-6-7-8-9-10-11-12-13-17-20-23-26-29-32-35(37)36(38)33-30-27-24-21-18-15-14-16-19-22-25-28-31-34(2)3/h34,36,38H,4-33H2,1-3H3. The van der Waals surface area contributed by atoms with Gasteiger partial charge in [-0.2, -0.15) is 0 Å². The number of carbonyl (C=O) groups is 1. The first-order chi connectivity index (χ1) is 18.6. The smallest absolute Gasteiger partial charge is 0.161 e. The highest BCUT2D eigenvalue weighted by atomic mass is 16.3. The minimum Gasteiger partial charge on any atom is -0.385 e. The van der Waals surface area contributed by atoms with Crippen molar-refractivity contribution in [2.75, 3.05) is 0 Å². The van der Waals surface area contributed by atoms with E-state index >= 15 is 0 Å². The molecule has 1 unspecified atom stereocenters. The molecule has 0 heterocycles. The van der Waals surface area contributed by atoms with E-state index in [1.807, 2.05) is 0 Å². The molecule has 0 aromatic rings. The van der Waals surface area contributed by atoms with Crippen molar-refractivity contribution < 1.29 is 9.90 Å². The van der Waals surface area contributed by atoms with Gasteiger partial charge in [0.15, 0.2) is 5.78 Å². The molecule has 0 bridgehead atoms. The fourth-order valence-electron chi connectivity index (χ4n) is 5.66. The Hall–Kier alpha value is -0.370. The Labute approximate surface area is 240 Å². The van der Waals surface area contributed by atoms with Gasteiger partial charge in [0.25, 0.3) is 0 Å². The zero-order valence-corrected chi connectivity index (χ0v) is 26.7. The summed E-state index contributed by atoms with van der Waals surface area (Å²) in [7, 11) is 0. The summed E-state index contributed by atoms with van der Waals surface area (Å²) in [6.07, 6.45) is 38.1. The average molecular weight is 537 g/mol. The van der Waals surface area contributed by atoms with Gasteiger partial charge in [-0.1, -0.05) is 194 Å². The number of unbranched alkanes of at least 4 members (excludes halogenated alkanes) is 25. The second kappa shape index (κ2) is 31.2. The Bertz CT molecular complexity index is 458. The molecule has 1 N–H and O–H groups in total. The van der Waals surface area contributed by atoms with Gasteiger partial charge in [0.2, 0.25) is 0 Å². The van der Waals surface area contributed by atoms with Crippen molar-refractivity contribution in [2.24, 2.45) is 5.92 Å². The molecule has 2 heteroatoms. The first kappa shape index (κ1) is 37.6. The number of hydrogen-bond donors (Lipinski definition) is 1. The maximum Gasteiger partial charge on any atom is 0.161 e. The summed E-state index contributed by atoms with van der Waals surface area (Å²) in [5, 5.41) is 10.2. The van der Waals surface area contributed by atoms with Crippen LogP contribution in [0.2, 0.25) is 0 Å². The first-order valence-electron chi connectivity index (χ1n) is 17.8. The monoisotopic (exact) mass is 537 g/mol. The van der Waals surface area contributed by atoms with Crippen molar-refractivity contribution in [3.63, 3.8) is 0 Å². The van der Waals surface area contributed by atoms with Gasteiger partial charge in [0.05, 0.1) is 0 Å². The van der Waals surface area contributed by atoms with E-state index in [4.69, 9.17) is 0 Å². The van der Waals surface area contributed by atoms with Gasteiger partial charge in [-0.15, -0.1) is 0 Å². The summed E-state index contributed by atoms with van der Waals surface area (Å²) < 4.78 is 0. The summed E-state index contributed by atoms with van der Waals surface area (Å²) in [6, 6.07) is 0. The van der Waals surface area contributed by atoms with Gasteiger partial charge < -0.3 is 5.11 Å². The van der Waals surface area contributed by atoms with Crippen LogP contribution in [0, 0.1) is 5.92 Å². The predicted molar refractivity (Wildman–Crippen MR) is 170 cm³/mol. The van der Waals surface area contributed by atoms with E-state index in [0.29, 0.717) is 12.8 Å². The third-order valence-electron chi connectivity index (χ3n) is 8.41. The molecule has 0 aliphatic carbocycles. The molecule has 0 fully saturated rings. The molecular weight excluding hydrogens is 464 g/mol. The molecule has 228 valence electrons. The molecule has 2 nitrogen and oxygen atoms in total. The van der Waals surface area contributed by atoms with E-state index in [0.717, 1.165) is 25.2 Å². The van der Waals surface area contributed by atoms with Crippen LogP contribution in [0.1, 0.15) is 213 Å². The second-order valence-corrected chi connectivity index (χ2v) is 12.9.